The highest BCUT2D eigenvalue weighted by molar-refractivity contribution is 5.54. The van der Waals surface area contributed by atoms with Crippen molar-refractivity contribution in [2.75, 3.05) is 18.5 Å². The molecular formula is C15H23F3N2. The number of nitrogens with zero attached hydrogens (tertiary/aromatic N) is 1. The smallest absolute Gasteiger partial charge is 0.366 e. The molecule has 114 valence electrons. The zero-order chi connectivity index (χ0) is 15.6. The number of halogens is 3. The van der Waals surface area contributed by atoms with Gasteiger partial charge in [0.25, 0.3) is 0 Å². The molecule has 0 aliphatic heterocycles. The molecule has 20 heavy (non-hydrogen) atoms. The third-order valence-electron chi connectivity index (χ3n) is 2.91. The first-order chi connectivity index (χ1) is 8.98. The largest absolute Gasteiger partial charge is 0.405 e. The van der Waals surface area contributed by atoms with Crippen molar-refractivity contribution in [3.8, 4) is 0 Å². The van der Waals surface area contributed by atoms with Gasteiger partial charge in [0, 0.05) is 24.8 Å². The molecule has 1 rings (SSSR count). The van der Waals surface area contributed by atoms with Crippen LogP contribution in [0.4, 0.5) is 18.9 Å². The van der Waals surface area contributed by atoms with E-state index in [0.717, 1.165) is 11.1 Å². The van der Waals surface area contributed by atoms with E-state index in [1.54, 1.807) is 6.07 Å². The van der Waals surface area contributed by atoms with Crippen LogP contribution < -0.4 is 10.2 Å². The van der Waals surface area contributed by atoms with Crippen molar-refractivity contribution in [3.63, 3.8) is 0 Å². The van der Waals surface area contributed by atoms with Gasteiger partial charge in [-0.15, -0.1) is 0 Å². The molecule has 0 fully saturated rings. The summed E-state index contributed by atoms with van der Waals surface area (Å²) in [6, 6.07) is 5.55. The minimum Gasteiger partial charge on any atom is -0.366 e. The molecule has 0 bridgehead atoms. The third-order valence-corrected chi connectivity index (χ3v) is 2.91. The van der Waals surface area contributed by atoms with Gasteiger partial charge in [-0.1, -0.05) is 12.1 Å². The molecule has 5 heteroatoms. The molecule has 0 aliphatic carbocycles. The summed E-state index contributed by atoms with van der Waals surface area (Å²) in [6.45, 7) is 7.83. The lowest BCUT2D eigenvalue weighted by Crippen LogP contribution is -2.35. The highest BCUT2D eigenvalue weighted by Crippen LogP contribution is 2.24. The van der Waals surface area contributed by atoms with Crippen molar-refractivity contribution in [2.45, 2.75) is 46.0 Å². The fourth-order valence-electron chi connectivity index (χ4n) is 1.98. The van der Waals surface area contributed by atoms with Crippen LogP contribution in [0.3, 0.4) is 0 Å². The van der Waals surface area contributed by atoms with Crippen LogP contribution in [0.5, 0.6) is 0 Å². The van der Waals surface area contributed by atoms with Gasteiger partial charge in [-0.3, -0.25) is 0 Å². The van der Waals surface area contributed by atoms with E-state index in [-0.39, 0.29) is 5.54 Å². The average molecular weight is 288 g/mol. The maximum atomic E-state index is 12.4. The predicted octanol–water partition coefficient (Wildman–Crippen LogP) is 3.88. The van der Waals surface area contributed by atoms with Gasteiger partial charge in [-0.2, -0.15) is 13.2 Å². The fourth-order valence-corrected chi connectivity index (χ4v) is 1.98. The van der Waals surface area contributed by atoms with E-state index >= 15 is 0 Å². The molecule has 1 aromatic rings. The molecule has 1 N–H and O–H groups in total. The SMILES string of the molecule is Cc1cc(CNC(C)(C)C)ccc1N(C)CC(F)(F)F. The van der Waals surface area contributed by atoms with E-state index in [4.69, 9.17) is 0 Å². The summed E-state index contributed by atoms with van der Waals surface area (Å²) in [5.41, 5.74) is 2.55. The molecule has 0 spiro atoms. The Hall–Kier alpha value is -1.23. The third kappa shape index (κ3) is 5.82. The van der Waals surface area contributed by atoms with Gasteiger partial charge >= 0.3 is 6.18 Å². The first-order valence-electron chi connectivity index (χ1n) is 6.60. The Bertz CT molecular complexity index is 447. The summed E-state index contributed by atoms with van der Waals surface area (Å²) in [7, 11) is 1.46. The quantitative estimate of drug-likeness (QED) is 0.904. The molecule has 0 aromatic heterocycles. The van der Waals surface area contributed by atoms with Crippen LogP contribution in [0.1, 0.15) is 31.9 Å². The molecule has 2 nitrogen and oxygen atoms in total. The van der Waals surface area contributed by atoms with Crippen LogP contribution >= 0.6 is 0 Å². The van der Waals surface area contributed by atoms with Gasteiger partial charge in [-0.25, -0.2) is 0 Å². The van der Waals surface area contributed by atoms with Crippen molar-refractivity contribution in [3.05, 3.63) is 29.3 Å². The Kier molecular flexibility index (Phi) is 5.08. The molecular weight excluding hydrogens is 265 g/mol. The Balaban J connectivity index is 2.78. The lowest BCUT2D eigenvalue weighted by Gasteiger charge is -2.24. The normalized spacial score (nSPS) is 12.6. The minimum absolute atomic E-state index is 0.0135. The highest BCUT2D eigenvalue weighted by atomic mass is 19.4. The Morgan fingerprint density at radius 3 is 2.20 bits per heavy atom. The van der Waals surface area contributed by atoms with E-state index in [1.165, 1.54) is 11.9 Å². The standard InChI is InChI=1S/C15H23F3N2/c1-11-8-12(9-19-14(2,3)4)6-7-13(11)20(5)10-15(16,17)18/h6-8,19H,9-10H2,1-5H3. The van der Waals surface area contributed by atoms with Gasteiger partial charge in [0.1, 0.15) is 6.54 Å². The predicted molar refractivity (Wildman–Crippen MR) is 77.1 cm³/mol. The minimum atomic E-state index is -4.19. The first kappa shape index (κ1) is 16.8. The van der Waals surface area contributed by atoms with Crippen LogP contribution in [-0.2, 0) is 6.54 Å². The highest BCUT2D eigenvalue weighted by Gasteiger charge is 2.29. The second-order valence-corrected chi connectivity index (χ2v) is 6.20. The maximum absolute atomic E-state index is 12.4. The molecule has 0 aliphatic rings. The molecule has 0 heterocycles. The maximum Gasteiger partial charge on any atom is 0.405 e. The van der Waals surface area contributed by atoms with Gasteiger partial charge in [-0.05, 0) is 44.9 Å². The van der Waals surface area contributed by atoms with E-state index in [9.17, 15) is 13.2 Å². The molecule has 0 atom stereocenters. The molecule has 0 unspecified atom stereocenters. The van der Waals surface area contributed by atoms with Crippen LogP contribution in [-0.4, -0.2) is 25.3 Å². The fraction of sp³-hybridized carbons (Fsp3) is 0.600. The van der Waals surface area contributed by atoms with E-state index in [1.807, 2.05) is 19.1 Å². The Morgan fingerprint density at radius 1 is 1.15 bits per heavy atom. The Labute approximate surface area is 119 Å². The summed E-state index contributed by atoms with van der Waals surface area (Å²) >= 11 is 0. The number of rotatable bonds is 4. The monoisotopic (exact) mass is 288 g/mol. The molecule has 0 saturated carbocycles. The topological polar surface area (TPSA) is 15.3 Å². The lowest BCUT2D eigenvalue weighted by molar-refractivity contribution is -0.119. The Morgan fingerprint density at radius 2 is 1.75 bits per heavy atom. The lowest BCUT2D eigenvalue weighted by atomic mass is 10.1. The summed E-state index contributed by atoms with van der Waals surface area (Å²) in [5.74, 6) is 0. The van der Waals surface area contributed by atoms with Crippen LogP contribution in [0.15, 0.2) is 18.2 Å². The zero-order valence-electron chi connectivity index (χ0n) is 12.7. The summed E-state index contributed by atoms with van der Waals surface area (Å²) in [5, 5.41) is 3.36. The summed E-state index contributed by atoms with van der Waals surface area (Å²) < 4.78 is 37.2. The molecule has 1 aromatic carbocycles. The van der Waals surface area contributed by atoms with Crippen molar-refractivity contribution < 1.29 is 13.2 Å². The number of nitrogens with one attached hydrogen (secondary N) is 1. The number of anilines is 1. The van der Waals surface area contributed by atoms with Crippen molar-refractivity contribution in [2.24, 2.45) is 0 Å². The molecule has 0 radical (unpaired) electrons. The second-order valence-electron chi connectivity index (χ2n) is 6.20. The number of alkyl halides is 3. The number of hydrogen-bond donors (Lipinski definition) is 1. The van der Waals surface area contributed by atoms with Gasteiger partial charge in [0.05, 0.1) is 0 Å². The number of aryl methyl sites for hydroxylation is 1. The summed E-state index contributed by atoms with van der Waals surface area (Å²) in [4.78, 5) is 1.23. The molecule has 0 saturated heterocycles. The van der Waals surface area contributed by atoms with E-state index in [0.29, 0.717) is 12.2 Å². The number of hydrogen-bond acceptors (Lipinski definition) is 2. The van der Waals surface area contributed by atoms with Crippen LogP contribution in [0.25, 0.3) is 0 Å². The van der Waals surface area contributed by atoms with Crippen molar-refractivity contribution in [1.82, 2.24) is 5.32 Å². The molecule has 0 amide bonds. The van der Waals surface area contributed by atoms with Crippen LogP contribution in [0.2, 0.25) is 0 Å². The first-order valence-corrected chi connectivity index (χ1v) is 6.60. The van der Waals surface area contributed by atoms with E-state index < -0.39 is 12.7 Å². The van der Waals surface area contributed by atoms with Crippen molar-refractivity contribution in [1.29, 1.82) is 0 Å². The van der Waals surface area contributed by atoms with Crippen LogP contribution in [0, 0.1) is 6.92 Å². The zero-order valence-corrected chi connectivity index (χ0v) is 12.7. The van der Waals surface area contributed by atoms with Gasteiger partial charge < -0.3 is 10.2 Å². The van der Waals surface area contributed by atoms with Gasteiger partial charge in [0.15, 0.2) is 0 Å². The number of benzene rings is 1. The average Bonchev–Trinajstić information content (AvgIpc) is 2.22. The van der Waals surface area contributed by atoms with E-state index in [2.05, 4.69) is 26.1 Å². The second kappa shape index (κ2) is 6.04. The van der Waals surface area contributed by atoms with Crippen molar-refractivity contribution >= 4 is 5.69 Å². The summed E-state index contributed by atoms with van der Waals surface area (Å²) in [6.07, 6.45) is -4.19. The van der Waals surface area contributed by atoms with Gasteiger partial charge in [0.2, 0.25) is 0 Å².